The van der Waals surface area contributed by atoms with Gasteiger partial charge in [0.05, 0.1) is 6.04 Å². The van der Waals surface area contributed by atoms with Crippen LogP contribution in [0.4, 0.5) is 0 Å². The predicted molar refractivity (Wildman–Crippen MR) is 127 cm³/mol. The van der Waals surface area contributed by atoms with E-state index in [9.17, 15) is 4.79 Å². The van der Waals surface area contributed by atoms with Crippen LogP contribution in [-0.2, 0) is 4.79 Å². The highest BCUT2D eigenvalue weighted by molar-refractivity contribution is 7.27. The summed E-state index contributed by atoms with van der Waals surface area (Å²) in [6.45, 7) is 9.38. The van der Waals surface area contributed by atoms with Gasteiger partial charge in [0.25, 0.3) is 5.91 Å². The van der Waals surface area contributed by atoms with E-state index in [1.807, 2.05) is 6.21 Å². The molecular weight excluding hydrogens is 389 g/mol. The van der Waals surface area contributed by atoms with Crippen LogP contribution in [-0.4, -0.2) is 41.7 Å². The van der Waals surface area contributed by atoms with E-state index in [-0.39, 0.29) is 11.9 Å². The fourth-order valence-corrected chi connectivity index (χ4v) is 4.85. The average Bonchev–Trinajstić information content (AvgIpc) is 3.18. The van der Waals surface area contributed by atoms with E-state index >= 15 is 0 Å². The van der Waals surface area contributed by atoms with Crippen LogP contribution >= 0.6 is 9.24 Å². The van der Waals surface area contributed by atoms with E-state index in [1.165, 1.54) is 11.1 Å². The number of likely N-dealkylation sites (tertiary alicyclic amines) is 1. The molecule has 5 heteroatoms. The molecule has 2 unspecified atom stereocenters. The number of benzene rings is 2. The largest absolute Gasteiger partial charge is 0.302 e. The third kappa shape index (κ3) is 4.71. The van der Waals surface area contributed by atoms with Crippen molar-refractivity contribution >= 4 is 26.7 Å². The van der Waals surface area contributed by atoms with Crippen LogP contribution in [0, 0.1) is 6.92 Å². The van der Waals surface area contributed by atoms with Crippen molar-refractivity contribution in [2.24, 2.45) is 5.10 Å². The van der Waals surface area contributed by atoms with Gasteiger partial charge in [0.2, 0.25) is 0 Å². The van der Waals surface area contributed by atoms with E-state index in [0.29, 0.717) is 17.9 Å². The van der Waals surface area contributed by atoms with E-state index in [1.54, 1.807) is 5.01 Å². The number of aryl methyl sites for hydroxylation is 1. The molecule has 1 amide bonds. The zero-order valence-electron chi connectivity index (χ0n) is 17.6. The van der Waals surface area contributed by atoms with Crippen LogP contribution in [0.15, 0.2) is 65.8 Å². The number of hydrazone groups is 1. The first-order valence-corrected chi connectivity index (χ1v) is 11.3. The molecule has 2 aliphatic rings. The Balaban J connectivity index is 1.25. The first kappa shape index (κ1) is 21.0. The van der Waals surface area contributed by atoms with Gasteiger partial charge in [0.1, 0.15) is 0 Å². The van der Waals surface area contributed by atoms with Gasteiger partial charge in [0.15, 0.2) is 0 Å². The minimum absolute atomic E-state index is 0.0320. The molecule has 0 radical (unpaired) electrons. The third-order valence-electron chi connectivity index (χ3n) is 6.03. The summed E-state index contributed by atoms with van der Waals surface area (Å²) in [6.07, 6.45) is 4.26. The highest BCUT2D eigenvalue weighted by Crippen LogP contribution is 2.31. The normalized spacial score (nSPS) is 19.1. The second kappa shape index (κ2) is 9.24. The average molecular weight is 420 g/mol. The molecule has 156 valence electrons. The molecule has 2 heterocycles. The molecule has 0 spiro atoms. The molecule has 4 rings (SSSR count). The number of rotatable bonds is 7. The number of carbonyl (C=O) groups is 1. The molecular formula is C25H30N3OP. The summed E-state index contributed by atoms with van der Waals surface area (Å²) >= 11 is 0. The molecule has 2 aliphatic heterocycles. The smallest absolute Gasteiger partial charge is 0.269 e. The van der Waals surface area contributed by atoms with Crippen LogP contribution in [0.3, 0.4) is 0 Å². The summed E-state index contributed by atoms with van der Waals surface area (Å²) in [4.78, 5) is 15.4. The molecule has 4 nitrogen and oxygen atoms in total. The summed E-state index contributed by atoms with van der Waals surface area (Å²) in [5.41, 5.74) is 4.40. The summed E-state index contributed by atoms with van der Waals surface area (Å²) in [7, 11) is 2.74. The van der Waals surface area contributed by atoms with E-state index in [0.717, 1.165) is 43.3 Å². The Kier molecular flexibility index (Phi) is 6.46. The number of nitrogens with zero attached hydrogens (tertiary/aromatic N) is 3. The zero-order valence-corrected chi connectivity index (χ0v) is 18.8. The minimum atomic E-state index is -0.0497. The maximum atomic E-state index is 13.0. The van der Waals surface area contributed by atoms with Crippen molar-refractivity contribution in [3.63, 3.8) is 0 Å². The number of carbonyl (C=O) groups excluding carboxylic acids is 1. The van der Waals surface area contributed by atoms with Gasteiger partial charge in [0, 0.05) is 37.2 Å². The summed E-state index contributed by atoms with van der Waals surface area (Å²) < 4.78 is 0. The van der Waals surface area contributed by atoms with Gasteiger partial charge in [-0.15, -0.1) is 9.24 Å². The topological polar surface area (TPSA) is 35.9 Å². The Labute approximate surface area is 181 Å². The third-order valence-corrected chi connectivity index (χ3v) is 6.36. The molecule has 0 aliphatic carbocycles. The zero-order chi connectivity index (χ0) is 21.1. The monoisotopic (exact) mass is 419 g/mol. The lowest BCUT2D eigenvalue weighted by Gasteiger charge is -2.39. The van der Waals surface area contributed by atoms with Crippen LogP contribution in [0.25, 0.3) is 0 Å². The van der Waals surface area contributed by atoms with Crippen LogP contribution in [0.5, 0.6) is 0 Å². The minimum Gasteiger partial charge on any atom is -0.302 e. The first-order valence-electron chi connectivity index (χ1n) is 10.7. The fraction of sp³-hybridized carbons (Fsp3) is 0.360. The van der Waals surface area contributed by atoms with Gasteiger partial charge >= 0.3 is 0 Å². The molecule has 1 saturated heterocycles. The molecule has 0 aromatic heterocycles. The predicted octanol–water partition coefficient (Wildman–Crippen LogP) is 4.19. The molecule has 1 fully saturated rings. The maximum Gasteiger partial charge on any atom is 0.269 e. The Hall–Kier alpha value is -2.29. The quantitative estimate of drug-likeness (QED) is 0.498. The molecule has 0 bridgehead atoms. The van der Waals surface area contributed by atoms with Gasteiger partial charge in [-0.25, -0.2) is 5.01 Å². The van der Waals surface area contributed by atoms with Crippen molar-refractivity contribution < 1.29 is 4.79 Å². The summed E-state index contributed by atoms with van der Waals surface area (Å²) in [5.74, 6) is 0.595. The van der Waals surface area contributed by atoms with E-state index < -0.39 is 0 Å². The van der Waals surface area contributed by atoms with Crippen molar-refractivity contribution in [1.82, 2.24) is 9.91 Å². The van der Waals surface area contributed by atoms with E-state index in [2.05, 4.69) is 81.3 Å². The highest BCUT2D eigenvalue weighted by Gasteiger charge is 2.30. The lowest BCUT2D eigenvalue weighted by Crippen LogP contribution is -2.45. The van der Waals surface area contributed by atoms with E-state index in [4.69, 9.17) is 0 Å². The summed E-state index contributed by atoms with van der Waals surface area (Å²) in [5, 5.41) is 7.12. The standard InChI is InChI=1S/C25H30N3OP/c1-18-13-21(15-23(30)14-18)24-10-11-26-28(24)25(29)19(2)7-6-12-27-16-22(17-27)20-8-4-3-5-9-20/h3-5,8-9,11,13-15,22,24H,2,6-7,10,12,16-17,30H2,1H3. The SMILES string of the molecule is C=C(CCCN1CC(c2ccccc2)C1)C(=O)N1N=CCC1c1cc(C)cc(P)c1. The van der Waals surface area contributed by atoms with Crippen LogP contribution < -0.4 is 5.30 Å². The van der Waals surface area contributed by atoms with Crippen molar-refractivity contribution in [3.05, 3.63) is 77.4 Å². The van der Waals surface area contributed by atoms with Crippen molar-refractivity contribution in [3.8, 4) is 0 Å². The maximum absolute atomic E-state index is 13.0. The lowest BCUT2D eigenvalue weighted by atomic mass is 9.91. The summed E-state index contributed by atoms with van der Waals surface area (Å²) in [6, 6.07) is 17.1. The van der Waals surface area contributed by atoms with Gasteiger partial charge in [-0.3, -0.25) is 4.79 Å². The fourth-order valence-electron chi connectivity index (χ4n) is 4.40. The highest BCUT2D eigenvalue weighted by atomic mass is 31.0. The van der Waals surface area contributed by atoms with Crippen LogP contribution in [0.2, 0.25) is 0 Å². The van der Waals surface area contributed by atoms with Gasteiger partial charge in [-0.1, -0.05) is 54.6 Å². The van der Waals surface area contributed by atoms with Crippen molar-refractivity contribution in [1.29, 1.82) is 0 Å². The molecule has 0 N–H and O–H groups in total. The Morgan fingerprint density at radius 1 is 1.17 bits per heavy atom. The van der Waals surface area contributed by atoms with Gasteiger partial charge in [-0.2, -0.15) is 5.10 Å². The van der Waals surface area contributed by atoms with Crippen LogP contribution in [0.1, 0.15) is 47.9 Å². The molecule has 0 saturated carbocycles. The molecule has 2 atom stereocenters. The Bertz CT molecular complexity index is 930. The Morgan fingerprint density at radius 2 is 1.93 bits per heavy atom. The molecule has 2 aromatic rings. The molecule has 30 heavy (non-hydrogen) atoms. The lowest BCUT2D eigenvalue weighted by molar-refractivity contribution is -0.129. The second-order valence-corrected chi connectivity index (χ2v) is 9.12. The van der Waals surface area contributed by atoms with Gasteiger partial charge in [-0.05, 0) is 48.8 Å². The number of amides is 1. The number of hydrogen-bond acceptors (Lipinski definition) is 3. The number of hydrogen-bond donors (Lipinski definition) is 0. The van der Waals surface area contributed by atoms with Gasteiger partial charge < -0.3 is 4.90 Å². The van der Waals surface area contributed by atoms with Crippen molar-refractivity contribution in [2.75, 3.05) is 19.6 Å². The van der Waals surface area contributed by atoms with Crippen molar-refractivity contribution in [2.45, 2.75) is 38.1 Å². The Morgan fingerprint density at radius 3 is 2.67 bits per heavy atom. The molecule has 2 aromatic carbocycles. The second-order valence-electron chi connectivity index (χ2n) is 8.45. The first-order chi connectivity index (χ1) is 14.5.